The summed E-state index contributed by atoms with van der Waals surface area (Å²) >= 11 is 0. The standard InChI is InChI=1S/C21H24F4O/c1-13-2-4-14(5-3-13)15-6-8-16(9-7-15)17-10-18(22)21(19(23)11-17)26-12-20(24)25/h8,10-15H,2-7,9H2,1H3. The fourth-order valence-electron chi connectivity index (χ4n) is 4.26. The Kier molecular flexibility index (Phi) is 6.05. The van der Waals surface area contributed by atoms with Crippen molar-refractivity contribution in [3.63, 3.8) is 0 Å². The van der Waals surface area contributed by atoms with E-state index < -0.39 is 23.5 Å². The van der Waals surface area contributed by atoms with Crippen LogP contribution in [0.5, 0.6) is 5.75 Å². The second-order valence-electron chi connectivity index (χ2n) is 7.58. The van der Waals surface area contributed by atoms with Crippen LogP contribution in [-0.4, -0.2) is 0 Å². The quantitative estimate of drug-likeness (QED) is 0.407. The summed E-state index contributed by atoms with van der Waals surface area (Å²) < 4.78 is 56.6. The lowest BCUT2D eigenvalue weighted by molar-refractivity contribution is 0.202. The Bertz CT molecular complexity index is 675. The third-order valence-corrected chi connectivity index (χ3v) is 5.81. The molecule has 1 aromatic carbocycles. The summed E-state index contributed by atoms with van der Waals surface area (Å²) in [7, 11) is 0. The molecule has 1 aromatic rings. The minimum Gasteiger partial charge on any atom is -0.453 e. The largest absolute Gasteiger partial charge is 0.453 e. The molecular formula is C21H24F4O. The molecule has 0 heterocycles. The molecule has 0 radical (unpaired) electrons. The molecule has 2 aliphatic carbocycles. The lowest BCUT2D eigenvalue weighted by atomic mass is 9.71. The van der Waals surface area contributed by atoms with Gasteiger partial charge in [-0.25, -0.2) is 8.78 Å². The number of rotatable bonds is 4. The van der Waals surface area contributed by atoms with Gasteiger partial charge in [0, 0.05) is 0 Å². The van der Waals surface area contributed by atoms with E-state index in [0.29, 0.717) is 11.5 Å². The molecule has 1 unspecified atom stereocenters. The van der Waals surface area contributed by atoms with Crippen molar-refractivity contribution in [3.05, 3.63) is 47.7 Å². The SMILES string of the molecule is CC1CCC(C2CC=C(c3cc(F)c(OC=C(F)F)c(F)c3)CC2)CC1. The van der Waals surface area contributed by atoms with Crippen LogP contribution in [0.3, 0.4) is 0 Å². The Morgan fingerprint density at radius 1 is 1.00 bits per heavy atom. The summed E-state index contributed by atoms with van der Waals surface area (Å²) in [6.45, 7) is 2.31. The molecule has 0 saturated heterocycles. The molecule has 3 rings (SSSR count). The number of hydrogen-bond acceptors (Lipinski definition) is 1. The summed E-state index contributed by atoms with van der Waals surface area (Å²) in [6, 6.07) is 2.33. The molecule has 1 saturated carbocycles. The van der Waals surface area contributed by atoms with Crippen molar-refractivity contribution in [2.24, 2.45) is 17.8 Å². The molecule has 0 spiro atoms. The first kappa shape index (κ1) is 19.0. The third-order valence-electron chi connectivity index (χ3n) is 5.81. The Balaban J connectivity index is 1.69. The van der Waals surface area contributed by atoms with Gasteiger partial charge >= 0.3 is 6.08 Å². The first-order valence-electron chi connectivity index (χ1n) is 9.30. The second kappa shape index (κ2) is 8.28. The average Bonchev–Trinajstić information content (AvgIpc) is 2.61. The van der Waals surface area contributed by atoms with Crippen LogP contribution in [0.25, 0.3) is 5.57 Å². The normalized spacial score (nSPS) is 26.2. The highest BCUT2D eigenvalue weighted by Crippen LogP contribution is 2.41. The van der Waals surface area contributed by atoms with Crippen LogP contribution < -0.4 is 4.74 Å². The highest BCUT2D eigenvalue weighted by molar-refractivity contribution is 5.67. The zero-order valence-corrected chi connectivity index (χ0v) is 14.9. The molecule has 26 heavy (non-hydrogen) atoms. The van der Waals surface area contributed by atoms with Crippen molar-refractivity contribution < 1.29 is 22.3 Å². The first-order valence-corrected chi connectivity index (χ1v) is 9.30. The molecule has 1 fully saturated rings. The number of ether oxygens (including phenoxy) is 1. The Morgan fingerprint density at radius 2 is 1.65 bits per heavy atom. The van der Waals surface area contributed by atoms with Crippen LogP contribution in [0.4, 0.5) is 17.6 Å². The predicted molar refractivity (Wildman–Crippen MR) is 93.7 cm³/mol. The van der Waals surface area contributed by atoms with Gasteiger partial charge in [0.05, 0.1) is 0 Å². The maximum Gasteiger partial charge on any atom is 0.305 e. The molecule has 2 aliphatic rings. The minimum absolute atomic E-state index is 0.0384. The molecule has 0 N–H and O–H groups in total. The van der Waals surface area contributed by atoms with E-state index in [2.05, 4.69) is 17.7 Å². The zero-order valence-electron chi connectivity index (χ0n) is 14.9. The molecule has 1 nitrogen and oxygen atoms in total. The fourth-order valence-corrected chi connectivity index (χ4v) is 4.26. The smallest absolute Gasteiger partial charge is 0.305 e. The fraction of sp³-hybridized carbons (Fsp3) is 0.524. The monoisotopic (exact) mass is 368 g/mol. The summed E-state index contributed by atoms with van der Waals surface area (Å²) in [5.74, 6) is -0.499. The van der Waals surface area contributed by atoms with Crippen LogP contribution in [0.15, 0.2) is 30.6 Å². The van der Waals surface area contributed by atoms with Crippen LogP contribution >= 0.6 is 0 Å². The van der Waals surface area contributed by atoms with Gasteiger partial charge in [0.1, 0.15) is 0 Å². The van der Waals surface area contributed by atoms with Gasteiger partial charge < -0.3 is 4.74 Å². The molecule has 0 amide bonds. The van der Waals surface area contributed by atoms with Crippen molar-refractivity contribution in [2.45, 2.75) is 51.9 Å². The molecule has 1 atom stereocenters. The van der Waals surface area contributed by atoms with Crippen molar-refractivity contribution in [2.75, 3.05) is 0 Å². The molecule has 0 aliphatic heterocycles. The van der Waals surface area contributed by atoms with Crippen LogP contribution in [0, 0.1) is 29.4 Å². The van der Waals surface area contributed by atoms with Gasteiger partial charge in [-0.3, -0.25) is 0 Å². The zero-order chi connectivity index (χ0) is 18.7. The van der Waals surface area contributed by atoms with E-state index in [1.165, 1.54) is 25.7 Å². The van der Waals surface area contributed by atoms with Gasteiger partial charge in [0.2, 0.25) is 0 Å². The third kappa shape index (κ3) is 4.49. The molecule has 5 heteroatoms. The van der Waals surface area contributed by atoms with Crippen LogP contribution in [0.2, 0.25) is 0 Å². The summed E-state index contributed by atoms with van der Waals surface area (Å²) in [6.07, 6.45) is 7.88. The van der Waals surface area contributed by atoms with Crippen molar-refractivity contribution in [3.8, 4) is 5.75 Å². The highest BCUT2D eigenvalue weighted by atomic mass is 19.3. The summed E-state index contributed by atoms with van der Waals surface area (Å²) in [4.78, 5) is 0. The lowest BCUT2D eigenvalue weighted by Gasteiger charge is -2.34. The molecule has 0 aromatic heterocycles. The Labute approximate surface area is 151 Å². The number of hydrogen-bond donors (Lipinski definition) is 0. The number of benzene rings is 1. The Hall–Kier alpha value is -1.78. The van der Waals surface area contributed by atoms with E-state index in [9.17, 15) is 17.6 Å². The topological polar surface area (TPSA) is 9.23 Å². The van der Waals surface area contributed by atoms with E-state index in [1.54, 1.807) is 0 Å². The van der Waals surface area contributed by atoms with Gasteiger partial charge in [0.15, 0.2) is 23.6 Å². The number of allylic oxidation sites excluding steroid dienone is 2. The van der Waals surface area contributed by atoms with Crippen molar-refractivity contribution in [1.82, 2.24) is 0 Å². The van der Waals surface area contributed by atoms with E-state index in [4.69, 9.17) is 0 Å². The predicted octanol–water partition coefficient (Wildman–Crippen LogP) is 7.09. The maximum atomic E-state index is 14.1. The van der Waals surface area contributed by atoms with Gasteiger partial charge in [0.25, 0.3) is 0 Å². The average molecular weight is 368 g/mol. The minimum atomic E-state index is -2.15. The van der Waals surface area contributed by atoms with Gasteiger partial charge in [-0.15, -0.1) is 0 Å². The first-order chi connectivity index (χ1) is 12.4. The molecule has 0 bridgehead atoms. The van der Waals surface area contributed by atoms with Crippen LogP contribution in [-0.2, 0) is 0 Å². The highest BCUT2D eigenvalue weighted by Gasteiger charge is 2.28. The van der Waals surface area contributed by atoms with Crippen molar-refractivity contribution in [1.29, 1.82) is 0 Å². The summed E-state index contributed by atoms with van der Waals surface area (Å²) in [5, 5.41) is 0. The molecular weight excluding hydrogens is 344 g/mol. The maximum absolute atomic E-state index is 14.1. The lowest BCUT2D eigenvalue weighted by Crippen LogP contribution is -2.22. The Morgan fingerprint density at radius 3 is 2.19 bits per heavy atom. The van der Waals surface area contributed by atoms with E-state index in [-0.39, 0.29) is 6.26 Å². The van der Waals surface area contributed by atoms with Crippen molar-refractivity contribution >= 4 is 5.57 Å². The van der Waals surface area contributed by atoms with E-state index >= 15 is 0 Å². The van der Waals surface area contributed by atoms with Gasteiger partial charge in [-0.1, -0.05) is 25.8 Å². The number of halogens is 4. The molecule has 142 valence electrons. The van der Waals surface area contributed by atoms with Gasteiger partial charge in [-0.2, -0.15) is 8.78 Å². The van der Waals surface area contributed by atoms with E-state index in [1.807, 2.05) is 0 Å². The van der Waals surface area contributed by atoms with Crippen LogP contribution in [0.1, 0.15) is 57.4 Å². The second-order valence-corrected chi connectivity index (χ2v) is 7.58. The summed E-state index contributed by atoms with van der Waals surface area (Å²) in [5.41, 5.74) is 1.38. The van der Waals surface area contributed by atoms with Gasteiger partial charge in [-0.05, 0) is 73.1 Å². The van der Waals surface area contributed by atoms with E-state index in [0.717, 1.165) is 48.8 Å².